The summed E-state index contributed by atoms with van der Waals surface area (Å²) in [7, 11) is 0. The van der Waals surface area contributed by atoms with Crippen LogP contribution in [0.5, 0.6) is 0 Å². The predicted octanol–water partition coefficient (Wildman–Crippen LogP) is 5.33. The van der Waals surface area contributed by atoms with Gasteiger partial charge in [-0.1, -0.05) is 50.3 Å². The summed E-state index contributed by atoms with van der Waals surface area (Å²) in [6, 6.07) is 10.1. The number of amides is 2. The summed E-state index contributed by atoms with van der Waals surface area (Å²) < 4.78 is 22.2. The Bertz CT molecular complexity index is 1220. The third-order valence-corrected chi connectivity index (χ3v) is 7.45. The van der Waals surface area contributed by atoms with E-state index in [1.165, 1.54) is 30.2 Å². The maximum atomic E-state index is 14.6. The molecule has 1 aromatic carbocycles. The van der Waals surface area contributed by atoms with Crippen molar-refractivity contribution >= 4 is 22.9 Å². The van der Waals surface area contributed by atoms with Crippen LogP contribution in [0.25, 0.3) is 11.1 Å². The van der Waals surface area contributed by atoms with Gasteiger partial charge in [0.05, 0.1) is 18.6 Å². The highest BCUT2D eigenvalue weighted by molar-refractivity contribution is 6.03. The summed E-state index contributed by atoms with van der Waals surface area (Å²) in [5.41, 5.74) is 1.10. The van der Waals surface area contributed by atoms with Gasteiger partial charge in [0.15, 0.2) is 5.58 Å². The van der Waals surface area contributed by atoms with E-state index in [1.807, 2.05) is 17.6 Å². The van der Waals surface area contributed by atoms with Crippen LogP contribution in [0.2, 0.25) is 0 Å². The maximum absolute atomic E-state index is 14.6. The zero-order valence-corrected chi connectivity index (χ0v) is 19.9. The lowest BCUT2D eigenvalue weighted by Crippen LogP contribution is -2.64. The zero-order valence-electron chi connectivity index (χ0n) is 19.9. The van der Waals surface area contributed by atoms with Gasteiger partial charge in [-0.05, 0) is 32.8 Å². The lowest BCUT2D eigenvalue weighted by atomic mass is 9.91. The normalized spacial score (nSPS) is 21.9. The van der Waals surface area contributed by atoms with Crippen LogP contribution in [0.3, 0.4) is 0 Å². The molecule has 1 saturated carbocycles. The lowest BCUT2D eigenvalue weighted by Gasteiger charge is -2.44. The summed E-state index contributed by atoms with van der Waals surface area (Å²) in [6.45, 7) is 3.96. The molecule has 2 amide bonds. The van der Waals surface area contributed by atoms with Gasteiger partial charge >= 0.3 is 0 Å². The van der Waals surface area contributed by atoms with Crippen LogP contribution in [0, 0.1) is 12.7 Å². The fourth-order valence-electron chi connectivity index (χ4n) is 5.45. The third kappa shape index (κ3) is 4.01. The zero-order chi connectivity index (χ0) is 23.9. The molecule has 0 spiro atoms. The van der Waals surface area contributed by atoms with Crippen molar-refractivity contribution in [2.75, 3.05) is 0 Å². The van der Waals surface area contributed by atoms with Crippen molar-refractivity contribution in [2.45, 2.75) is 83.5 Å². The van der Waals surface area contributed by atoms with Crippen molar-refractivity contribution in [3.8, 4) is 0 Å². The molecular weight excluding hydrogens is 433 g/mol. The highest BCUT2D eigenvalue weighted by atomic mass is 19.1. The standard InChI is InChI=1S/C27H32FN3O3/c1-18-14-22-24(34-18)15-23-25(32)31(16-19-10-8-9-13-21(19)28)27(2,17-30(22)23)26(33)29-20-11-6-4-3-5-7-12-20/h8-10,13-15,20H,3-7,11-12,16-17H2,1-2H3,(H,29,33)/t27-/m1/s1. The van der Waals surface area contributed by atoms with Gasteiger partial charge in [-0.3, -0.25) is 9.59 Å². The molecule has 2 aliphatic rings. The molecule has 5 rings (SSSR count). The number of aryl methyl sites for hydroxylation is 1. The Labute approximate surface area is 199 Å². The van der Waals surface area contributed by atoms with Crippen LogP contribution in [0.15, 0.2) is 40.8 Å². The molecule has 3 heterocycles. The second-order valence-corrected chi connectivity index (χ2v) is 9.99. The lowest BCUT2D eigenvalue weighted by molar-refractivity contribution is -0.134. The number of nitrogens with zero attached hydrogens (tertiary/aromatic N) is 2. The fourth-order valence-corrected chi connectivity index (χ4v) is 5.45. The van der Waals surface area contributed by atoms with Gasteiger partial charge < -0.3 is 19.2 Å². The number of hydrogen-bond donors (Lipinski definition) is 1. The molecule has 34 heavy (non-hydrogen) atoms. The molecule has 3 aromatic rings. The molecule has 0 saturated heterocycles. The highest BCUT2D eigenvalue weighted by Crippen LogP contribution is 2.35. The number of benzene rings is 1. The van der Waals surface area contributed by atoms with E-state index in [0.29, 0.717) is 16.8 Å². The van der Waals surface area contributed by atoms with Crippen LogP contribution < -0.4 is 5.32 Å². The summed E-state index contributed by atoms with van der Waals surface area (Å²) in [5, 5.41) is 3.26. The molecule has 7 heteroatoms. The van der Waals surface area contributed by atoms with Crippen molar-refractivity contribution in [1.29, 1.82) is 0 Å². The van der Waals surface area contributed by atoms with Crippen LogP contribution in [0.4, 0.5) is 4.39 Å². The number of aromatic nitrogens is 1. The number of rotatable bonds is 4. The number of fused-ring (bicyclic) bond motifs is 3. The molecule has 2 aromatic heterocycles. The second-order valence-electron chi connectivity index (χ2n) is 9.99. The third-order valence-electron chi connectivity index (χ3n) is 7.45. The van der Waals surface area contributed by atoms with Crippen molar-refractivity contribution < 1.29 is 18.4 Å². The number of carbonyl (C=O) groups is 2. The van der Waals surface area contributed by atoms with E-state index in [0.717, 1.165) is 37.0 Å². The first-order valence-corrected chi connectivity index (χ1v) is 12.3. The topological polar surface area (TPSA) is 67.5 Å². The minimum atomic E-state index is -1.17. The molecule has 6 nitrogen and oxygen atoms in total. The summed E-state index contributed by atoms with van der Waals surface area (Å²) in [5.74, 6) is -0.116. The molecule has 1 N–H and O–H groups in total. The van der Waals surface area contributed by atoms with E-state index in [2.05, 4.69) is 5.32 Å². The van der Waals surface area contributed by atoms with Gasteiger partial charge in [0.1, 0.15) is 22.8 Å². The number of halogens is 1. The largest absolute Gasteiger partial charge is 0.460 e. The van der Waals surface area contributed by atoms with Crippen molar-refractivity contribution in [2.24, 2.45) is 0 Å². The van der Waals surface area contributed by atoms with Crippen LogP contribution in [-0.2, 0) is 17.9 Å². The molecule has 1 fully saturated rings. The van der Waals surface area contributed by atoms with E-state index in [-0.39, 0.29) is 36.8 Å². The average molecular weight is 466 g/mol. The van der Waals surface area contributed by atoms with E-state index < -0.39 is 5.54 Å². The molecule has 1 aliphatic heterocycles. The molecule has 1 aliphatic carbocycles. The minimum Gasteiger partial charge on any atom is -0.460 e. The second kappa shape index (κ2) is 8.93. The van der Waals surface area contributed by atoms with E-state index >= 15 is 0 Å². The van der Waals surface area contributed by atoms with Gasteiger partial charge in [-0.2, -0.15) is 0 Å². The Morgan fingerprint density at radius 2 is 1.85 bits per heavy atom. The van der Waals surface area contributed by atoms with Crippen molar-refractivity contribution in [3.05, 3.63) is 59.2 Å². The van der Waals surface area contributed by atoms with Gasteiger partial charge in [-0.15, -0.1) is 0 Å². The quantitative estimate of drug-likeness (QED) is 0.567. The summed E-state index contributed by atoms with van der Waals surface area (Å²) >= 11 is 0. The smallest absolute Gasteiger partial charge is 0.271 e. The monoisotopic (exact) mass is 465 g/mol. The van der Waals surface area contributed by atoms with Gasteiger partial charge in [0.2, 0.25) is 5.91 Å². The van der Waals surface area contributed by atoms with Crippen LogP contribution >= 0.6 is 0 Å². The van der Waals surface area contributed by atoms with E-state index in [9.17, 15) is 14.0 Å². The SMILES string of the molecule is Cc1cc2c(cc3n2C[C@](C)(C(=O)NC2CCCCCCC2)N(Cc2ccccc2F)C3=O)o1. The van der Waals surface area contributed by atoms with Gasteiger partial charge in [-0.25, -0.2) is 4.39 Å². The highest BCUT2D eigenvalue weighted by Gasteiger charge is 2.48. The Morgan fingerprint density at radius 1 is 1.15 bits per heavy atom. The average Bonchev–Trinajstić information content (AvgIpc) is 3.30. The molecule has 0 bridgehead atoms. The number of hydrogen-bond acceptors (Lipinski definition) is 3. The Morgan fingerprint density at radius 3 is 2.59 bits per heavy atom. The molecule has 1 atom stereocenters. The first kappa shape index (κ1) is 22.7. The maximum Gasteiger partial charge on any atom is 0.271 e. The Kier molecular flexibility index (Phi) is 5.96. The van der Waals surface area contributed by atoms with Crippen molar-refractivity contribution in [1.82, 2.24) is 14.8 Å². The van der Waals surface area contributed by atoms with Gasteiger partial charge in [0.25, 0.3) is 5.91 Å². The Balaban J connectivity index is 1.52. The molecule has 0 radical (unpaired) electrons. The van der Waals surface area contributed by atoms with Gasteiger partial charge in [0, 0.05) is 23.7 Å². The van der Waals surface area contributed by atoms with Crippen molar-refractivity contribution in [3.63, 3.8) is 0 Å². The van der Waals surface area contributed by atoms with E-state index in [1.54, 1.807) is 31.2 Å². The number of nitrogens with one attached hydrogen (secondary N) is 1. The molecular formula is C27H32FN3O3. The summed E-state index contributed by atoms with van der Waals surface area (Å²) in [4.78, 5) is 29.1. The first-order chi connectivity index (χ1) is 16.4. The molecule has 180 valence electrons. The fraction of sp³-hybridized carbons (Fsp3) is 0.481. The predicted molar refractivity (Wildman–Crippen MR) is 128 cm³/mol. The summed E-state index contributed by atoms with van der Waals surface area (Å²) in [6.07, 6.45) is 7.70. The van der Waals surface area contributed by atoms with E-state index in [4.69, 9.17) is 4.42 Å². The Hall–Kier alpha value is -3.09. The molecule has 0 unspecified atom stereocenters. The van der Waals surface area contributed by atoms with Crippen LogP contribution in [0.1, 0.15) is 73.7 Å². The minimum absolute atomic E-state index is 0.0195. The van der Waals surface area contributed by atoms with Crippen LogP contribution in [-0.4, -0.2) is 32.9 Å². The number of furan rings is 1. The first-order valence-electron chi connectivity index (χ1n) is 12.3. The number of carbonyl (C=O) groups excluding carboxylic acids is 2.